The Hall–Kier alpha value is -2.42. The molecule has 0 bridgehead atoms. The van der Waals surface area contributed by atoms with Gasteiger partial charge in [-0.15, -0.1) is 4.40 Å². The predicted molar refractivity (Wildman–Crippen MR) is 108 cm³/mol. The van der Waals surface area contributed by atoms with Crippen molar-refractivity contribution < 1.29 is 22.7 Å². The summed E-state index contributed by atoms with van der Waals surface area (Å²) in [4.78, 5) is 26.3. The van der Waals surface area contributed by atoms with Crippen molar-refractivity contribution in [3.8, 4) is 0 Å². The highest BCUT2D eigenvalue weighted by atomic mass is 32.2. The van der Waals surface area contributed by atoms with Crippen LogP contribution in [0.15, 0.2) is 33.6 Å². The summed E-state index contributed by atoms with van der Waals surface area (Å²) in [5.41, 5.74) is 0.603. The number of piperidine rings is 1. The number of ether oxygens (including phenoxy) is 1. The second-order valence-electron chi connectivity index (χ2n) is 7.34. The van der Waals surface area contributed by atoms with Crippen molar-refractivity contribution in [3.05, 3.63) is 29.8 Å². The predicted octanol–water partition coefficient (Wildman–Crippen LogP) is 1.70. The Kier molecular flexibility index (Phi) is 6.56. The fourth-order valence-corrected chi connectivity index (χ4v) is 4.89. The van der Waals surface area contributed by atoms with E-state index in [0.29, 0.717) is 37.3 Å². The maximum atomic E-state index is 12.3. The van der Waals surface area contributed by atoms with Crippen LogP contribution in [0.25, 0.3) is 0 Å². The SMILES string of the molecule is CCC(CC)NC(=O)COC(=O)C1CCN(C2=NS(=O)(=O)c3ccccc32)CC1. The Morgan fingerprint density at radius 1 is 1.21 bits per heavy atom. The lowest BCUT2D eigenvalue weighted by molar-refractivity contribution is -0.153. The number of nitrogens with zero attached hydrogens (tertiary/aromatic N) is 2. The van der Waals surface area contributed by atoms with Crippen LogP contribution in [0.5, 0.6) is 0 Å². The molecule has 0 radical (unpaired) electrons. The maximum absolute atomic E-state index is 12.3. The van der Waals surface area contributed by atoms with E-state index in [1.54, 1.807) is 24.3 Å². The van der Waals surface area contributed by atoms with Gasteiger partial charge in [0.2, 0.25) is 0 Å². The molecule has 0 spiro atoms. The Morgan fingerprint density at radius 3 is 2.52 bits per heavy atom. The van der Waals surface area contributed by atoms with E-state index in [4.69, 9.17) is 4.74 Å². The largest absolute Gasteiger partial charge is 0.455 e. The number of amides is 1. The summed E-state index contributed by atoms with van der Waals surface area (Å²) in [6, 6.07) is 6.86. The standard InChI is InChI=1S/C20H27N3O5S/c1-3-15(4-2)21-18(24)13-28-20(25)14-9-11-23(12-10-14)19-16-7-5-6-8-17(16)29(26,27)22-19/h5-8,14-15H,3-4,9-13H2,1-2H3,(H,21,24). The lowest BCUT2D eigenvalue weighted by Crippen LogP contribution is -2.41. The number of sulfonamides is 1. The van der Waals surface area contributed by atoms with E-state index in [9.17, 15) is 18.0 Å². The number of carbonyl (C=O) groups excluding carboxylic acids is 2. The summed E-state index contributed by atoms with van der Waals surface area (Å²) in [6.07, 6.45) is 2.71. The second-order valence-corrected chi connectivity index (χ2v) is 8.91. The summed E-state index contributed by atoms with van der Waals surface area (Å²) in [5, 5.41) is 2.84. The first-order chi connectivity index (χ1) is 13.9. The number of fused-ring (bicyclic) bond motifs is 1. The summed E-state index contributed by atoms with van der Waals surface area (Å²) in [5.74, 6) is -0.532. The van der Waals surface area contributed by atoms with Crippen molar-refractivity contribution in [2.45, 2.75) is 50.5 Å². The zero-order chi connectivity index (χ0) is 21.0. The van der Waals surface area contributed by atoms with Crippen LogP contribution in [0.2, 0.25) is 0 Å². The highest BCUT2D eigenvalue weighted by molar-refractivity contribution is 7.90. The molecule has 0 atom stereocenters. The van der Waals surface area contributed by atoms with E-state index >= 15 is 0 Å². The quantitative estimate of drug-likeness (QED) is 0.701. The van der Waals surface area contributed by atoms with Crippen molar-refractivity contribution in [1.29, 1.82) is 0 Å². The van der Waals surface area contributed by atoms with Gasteiger partial charge in [-0.05, 0) is 37.8 Å². The number of esters is 1. The molecule has 0 unspecified atom stereocenters. The van der Waals surface area contributed by atoms with Gasteiger partial charge in [0.1, 0.15) is 4.90 Å². The molecule has 0 aromatic heterocycles. The van der Waals surface area contributed by atoms with Gasteiger partial charge in [-0.25, -0.2) is 0 Å². The summed E-state index contributed by atoms with van der Waals surface area (Å²) < 4.78 is 33.6. The number of likely N-dealkylation sites (tertiary alicyclic amines) is 1. The first-order valence-electron chi connectivity index (χ1n) is 10.0. The molecule has 0 saturated carbocycles. The lowest BCUT2D eigenvalue weighted by atomic mass is 9.96. The molecule has 1 fully saturated rings. The van der Waals surface area contributed by atoms with Crippen LogP contribution < -0.4 is 5.32 Å². The van der Waals surface area contributed by atoms with Gasteiger partial charge in [0.05, 0.1) is 5.92 Å². The zero-order valence-electron chi connectivity index (χ0n) is 16.8. The van der Waals surface area contributed by atoms with Crippen LogP contribution in [-0.4, -0.2) is 56.8 Å². The van der Waals surface area contributed by atoms with Crippen molar-refractivity contribution in [2.24, 2.45) is 10.3 Å². The Bertz CT molecular complexity index is 900. The number of carbonyl (C=O) groups is 2. The molecule has 1 amide bonds. The van der Waals surface area contributed by atoms with Crippen LogP contribution >= 0.6 is 0 Å². The topological polar surface area (TPSA) is 105 Å². The molecule has 1 aromatic carbocycles. The van der Waals surface area contributed by atoms with E-state index in [0.717, 1.165) is 12.8 Å². The normalized spacial score (nSPS) is 18.3. The van der Waals surface area contributed by atoms with Crippen LogP contribution in [0, 0.1) is 5.92 Å². The number of amidine groups is 1. The molecule has 2 aliphatic rings. The first-order valence-corrected chi connectivity index (χ1v) is 11.4. The molecule has 29 heavy (non-hydrogen) atoms. The minimum absolute atomic E-state index is 0.0933. The fraction of sp³-hybridized carbons (Fsp3) is 0.550. The smallest absolute Gasteiger partial charge is 0.309 e. The van der Waals surface area contributed by atoms with Gasteiger partial charge in [-0.1, -0.05) is 26.0 Å². The van der Waals surface area contributed by atoms with E-state index in [2.05, 4.69) is 9.71 Å². The van der Waals surface area contributed by atoms with Crippen LogP contribution in [-0.2, 0) is 24.3 Å². The molecule has 158 valence electrons. The lowest BCUT2D eigenvalue weighted by Gasteiger charge is -2.32. The van der Waals surface area contributed by atoms with Gasteiger partial charge in [0.15, 0.2) is 12.4 Å². The number of nitrogens with one attached hydrogen (secondary N) is 1. The van der Waals surface area contributed by atoms with E-state index in [1.807, 2.05) is 18.7 Å². The van der Waals surface area contributed by atoms with Crippen molar-refractivity contribution >= 4 is 27.7 Å². The second kappa shape index (κ2) is 8.94. The van der Waals surface area contributed by atoms with Gasteiger partial charge in [-0.3, -0.25) is 9.59 Å². The molecule has 8 nitrogen and oxygen atoms in total. The van der Waals surface area contributed by atoms with Gasteiger partial charge in [-0.2, -0.15) is 8.42 Å². The average Bonchev–Trinajstić information content (AvgIpc) is 3.01. The minimum atomic E-state index is -3.66. The van der Waals surface area contributed by atoms with Crippen LogP contribution in [0.1, 0.15) is 45.1 Å². The molecule has 2 aliphatic heterocycles. The molecule has 1 N–H and O–H groups in total. The molecule has 0 aliphatic carbocycles. The monoisotopic (exact) mass is 421 g/mol. The van der Waals surface area contributed by atoms with Gasteiger partial charge in [0, 0.05) is 24.7 Å². The molecule has 3 rings (SSSR count). The van der Waals surface area contributed by atoms with Gasteiger partial charge in [0.25, 0.3) is 15.9 Å². The van der Waals surface area contributed by atoms with Crippen molar-refractivity contribution in [3.63, 3.8) is 0 Å². The first kappa shape index (κ1) is 21.3. The third-order valence-corrected chi connectivity index (χ3v) is 6.76. The summed E-state index contributed by atoms with van der Waals surface area (Å²) in [6.45, 7) is 4.72. The highest BCUT2D eigenvalue weighted by Crippen LogP contribution is 2.29. The Morgan fingerprint density at radius 2 is 1.86 bits per heavy atom. The van der Waals surface area contributed by atoms with Crippen LogP contribution in [0.4, 0.5) is 0 Å². The summed E-state index contributed by atoms with van der Waals surface area (Å²) >= 11 is 0. The molecular formula is C20H27N3O5S. The van der Waals surface area contributed by atoms with Gasteiger partial charge >= 0.3 is 5.97 Å². The minimum Gasteiger partial charge on any atom is -0.455 e. The number of rotatable bonds is 6. The van der Waals surface area contributed by atoms with Gasteiger partial charge < -0.3 is 15.0 Å². The highest BCUT2D eigenvalue weighted by Gasteiger charge is 2.34. The molecular weight excluding hydrogens is 394 g/mol. The molecule has 1 saturated heterocycles. The number of hydrogen-bond donors (Lipinski definition) is 1. The number of hydrogen-bond acceptors (Lipinski definition) is 6. The summed E-state index contributed by atoms with van der Waals surface area (Å²) in [7, 11) is -3.66. The Labute approximate surface area is 171 Å². The number of benzene rings is 1. The van der Waals surface area contributed by atoms with Crippen molar-refractivity contribution in [2.75, 3.05) is 19.7 Å². The third-order valence-electron chi connectivity index (χ3n) is 5.44. The van der Waals surface area contributed by atoms with E-state index in [-0.39, 0.29) is 35.3 Å². The zero-order valence-corrected chi connectivity index (χ0v) is 17.6. The van der Waals surface area contributed by atoms with E-state index < -0.39 is 10.0 Å². The Balaban J connectivity index is 1.52. The van der Waals surface area contributed by atoms with Crippen molar-refractivity contribution in [1.82, 2.24) is 10.2 Å². The van der Waals surface area contributed by atoms with Crippen LogP contribution in [0.3, 0.4) is 0 Å². The molecule has 2 heterocycles. The molecule has 9 heteroatoms. The average molecular weight is 422 g/mol. The van der Waals surface area contributed by atoms with E-state index in [1.165, 1.54) is 0 Å². The maximum Gasteiger partial charge on any atom is 0.309 e. The third kappa shape index (κ3) is 4.77. The fourth-order valence-electron chi connectivity index (χ4n) is 3.66. The molecule has 1 aromatic rings.